The van der Waals surface area contributed by atoms with Gasteiger partial charge in [0.2, 0.25) is 0 Å². The topological polar surface area (TPSA) is 76.0 Å². The van der Waals surface area contributed by atoms with Crippen LogP contribution in [0.15, 0.2) is 30.7 Å². The third-order valence-electron chi connectivity index (χ3n) is 6.03. The molecule has 2 aliphatic heterocycles. The van der Waals surface area contributed by atoms with Crippen LogP contribution in [0.25, 0.3) is 16.7 Å². The molecule has 1 amide bonds. The predicted molar refractivity (Wildman–Crippen MR) is 127 cm³/mol. The molecule has 0 spiro atoms. The number of carbonyl (C=O) groups is 1. The van der Waals surface area contributed by atoms with Crippen LogP contribution in [0.1, 0.15) is 27.7 Å². The zero-order valence-electron chi connectivity index (χ0n) is 20.2. The fourth-order valence-electron chi connectivity index (χ4n) is 4.45. The standard InChI is InChI=1S/C24H28F2N6O3/c1-15-12-29(23(33)35-24(2,3)4)5-6-30(15)21-20-19(32-7-8-34-32)13-31(22(20)28-14-27-21)18-10-16(25)9-17(26)11-18/h9-11,13-15H,5-8,12H2,1-4H3/t15-/m0/s1. The van der Waals surface area contributed by atoms with Gasteiger partial charge < -0.3 is 14.5 Å². The highest BCUT2D eigenvalue weighted by Gasteiger charge is 2.33. The number of amides is 1. The molecule has 11 heteroatoms. The lowest BCUT2D eigenvalue weighted by molar-refractivity contribution is 0.0218. The second-order valence-electron chi connectivity index (χ2n) is 9.81. The summed E-state index contributed by atoms with van der Waals surface area (Å²) in [6.07, 6.45) is 2.86. The molecule has 186 valence electrons. The SMILES string of the molecule is C[C@H]1CN(C(=O)OC(C)(C)C)CCN1c1ncnc2c1c(N1CCO1)cn2-c1cc(F)cc(F)c1. The number of benzene rings is 1. The van der Waals surface area contributed by atoms with Crippen molar-refractivity contribution in [3.63, 3.8) is 0 Å². The maximum atomic E-state index is 14.0. The third kappa shape index (κ3) is 4.47. The van der Waals surface area contributed by atoms with Gasteiger partial charge in [0.1, 0.15) is 29.4 Å². The Morgan fingerprint density at radius 1 is 1.11 bits per heavy atom. The lowest BCUT2D eigenvalue weighted by Crippen LogP contribution is -2.55. The van der Waals surface area contributed by atoms with Gasteiger partial charge in [-0.3, -0.25) is 9.40 Å². The lowest BCUT2D eigenvalue weighted by atomic mass is 10.1. The molecular formula is C24H28F2N6O3. The van der Waals surface area contributed by atoms with Gasteiger partial charge in [-0.1, -0.05) is 0 Å². The molecule has 5 rings (SSSR count). The van der Waals surface area contributed by atoms with E-state index in [1.54, 1.807) is 20.7 Å². The van der Waals surface area contributed by atoms with Crippen LogP contribution in [0.3, 0.4) is 0 Å². The average molecular weight is 487 g/mol. The first-order chi connectivity index (χ1) is 16.6. The van der Waals surface area contributed by atoms with E-state index in [4.69, 9.17) is 9.57 Å². The van der Waals surface area contributed by atoms with Crippen LogP contribution >= 0.6 is 0 Å². The lowest BCUT2D eigenvalue weighted by Gasteiger charge is -2.41. The molecule has 2 aromatic heterocycles. The molecule has 0 unspecified atom stereocenters. The Morgan fingerprint density at radius 3 is 2.43 bits per heavy atom. The fourth-order valence-corrected chi connectivity index (χ4v) is 4.45. The van der Waals surface area contributed by atoms with Crippen molar-refractivity contribution in [3.05, 3.63) is 42.4 Å². The van der Waals surface area contributed by atoms with E-state index in [0.29, 0.717) is 55.6 Å². The van der Waals surface area contributed by atoms with E-state index in [1.807, 2.05) is 27.7 Å². The summed E-state index contributed by atoms with van der Waals surface area (Å²) in [6, 6.07) is 3.29. The van der Waals surface area contributed by atoms with Crippen LogP contribution in [0.5, 0.6) is 0 Å². The van der Waals surface area contributed by atoms with Gasteiger partial charge in [0, 0.05) is 37.9 Å². The maximum Gasteiger partial charge on any atom is 0.410 e. The summed E-state index contributed by atoms with van der Waals surface area (Å²) < 4.78 is 35.2. The number of carbonyl (C=O) groups excluding carboxylic acids is 1. The zero-order valence-corrected chi connectivity index (χ0v) is 20.2. The van der Waals surface area contributed by atoms with Gasteiger partial charge in [-0.2, -0.15) is 0 Å². The Bertz CT molecular complexity index is 1250. The van der Waals surface area contributed by atoms with Crippen molar-refractivity contribution < 1.29 is 23.1 Å². The Hall–Kier alpha value is -3.47. The van der Waals surface area contributed by atoms with Crippen molar-refractivity contribution in [2.75, 3.05) is 42.7 Å². The Labute approximate surface area is 201 Å². The van der Waals surface area contributed by atoms with E-state index in [1.165, 1.54) is 18.5 Å². The molecular weight excluding hydrogens is 458 g/mol. The molecule has 2 saturated heterocycles. The van der Waals surface area contributed by atoms with Crippen LogP contribution < -0.4 is 9.96 Å². The summed E-state index contributed by atoms with van der Waals surface area (Å²) in [5, 5.41) is 2.44. The van der Waals surface area contributed by atoms with Gasteiger partial charge in [-0.05, 0) is 39.8 Å². The number of rotatable bonds is 3. The molecule has 0 radical (unpaired) electrons. The smallest absolute Gasteiger partial charge is 0.410 e. The van der Waals surface area contributed by atoms with E-state index >= 15 is 0 Å². The van der Waals surface area contributed by atoms with E-state index in [-0.39, 0.29) is 12.1 Å². The first kappa shape index (κ1) is 23.3. The first-order valence-corrected chi connectivity index (χ1v) is 11.6. The number of hydrogen-bond donors (Lipinski definition) is 0. The van der Waals surface area contributed by atoms with Gasteiger partial charge in [-0.25, -0.2) is 28.6 Å². The number of nitrogens with zero attached hydrogens (tertiary/aromatic N) is 6. The van der Waals surface area contributed by atoms with Crippen LogP contribution in [-0.2, 0) is 9.57 Å². The van der Waals surface area contributed by atoms with Gasteiger partial charge in [0.05, 0.1) is 29.9 Å². The molecule has 1 aromatic carbocycles. The van der Waals surface area contributed by atoms with Crippen molar-refractivity contribution in [1.29, 1.82) is 0 Å². The number of hydrogen-bond acceptors (Lipinski definition) is 7. The molecule has 0 bridgehead atoms. The van der Waals surface area contributed by atoms with Gasteiger partial charge >= 0.3 is 6.09 Å². The summed E-state index contributed by atoms with van der Waals surface area (Å²) in [5.74, 6) is -0.679. The highest BCUT2D eigenvalue weighted by Crippen LogP contribution is 2.38. The molecule has 2 fully saturated rings. The van der Waals surface area contributed by atoms with Crippen molar-refractivity contribution in [1.82, 2.24) is 19.4 Å². The Balaban J connectivity index is 1.53. The van der Waals surface area contributed by atoms with Crippen LogP contribution in [0.4, 0.5) is 25.1 Å². The highest BCUT2D eigenvalue weighted by molar-refractivity contribution is 6.00. The summed E-state index contributed by atoms with van der Waals surface area (Å²) in [7, 11) is 0. The van der Waals surface area contributed by atoms with E-state index in [9.17, 15) is 13.6 Å². The Kier molecular flexibility index (Phi) is 5.74. The van der Waals surface area contributed by atoms with Gasteiger partial charge in [0.15, 0.2) is 5.65 Å². The molecule has 3 aromatic rings. The average Bonchev–Trinajstić information content (AvgIpc) is 3.10. The van der Waals surface area contributed by atoms with Crippen molar-refractivity contribution >= 4 is 28.6 Å². The van der Waals surface area contributed by atoms with E-state index < -0.39 is 17.2 Å². The van der Waals surface area contributed by atoms with E-state index in [2.05, 4.69) is 14.9 Å². The first-order valence-electron chi connectivity index (χ1n) is 11.6. The van der Waals surface area contributed by atoms with Crippen molar-refractivity contribution in [2.24, 2.45) is 0 Å². The normalized spacial score (nSPS) is 18.7. The van der Waals surface area contributed by atoms with E-state index in [0.717, 1.165) is 11.5 Å². The predicted octanol–water partition coefficient (Wildman–Crippen LogP) is 3.90. The quantitative estimate of drug-likeness (QED) is 0.556. The number of hydroxylamine groups is 1. The largest absolute Gasteiger partial charge is 0.444 e. The maximum absolute atomic E-state index is 14.0. The van der Waals surface area contributed by atoms with Gasteiger partial charge in [0.25, 0.3) is 0 Å². The number of ether oxygens (including phenoxy) is 1. The second-order valence-corrected chi connectivity index (χ2v) is 9.81. The summed E-state index contributed by atoms with van der Waals surface area (Å²) >= 11 is 0. The molecule has 0 saturated carbocycles. The minimum absolute atomic E-state index is 0.0607. The monoisotopic (exact) mass is 486 g/mol. The number of anilines is 2. The molecule has 9 nitrogen and oxygen atoms in total. The van der Waals surface area contributed by atoms with Crippen molar-refractivity contribution in [2.45, 2.75) is 39.3 Å². The van der Waals surface area contributed by atoms with Crippen LogP contribution in [0.2, 0.25) is 0 Å². The number of aromatic nitrogens is 3. The zero-order chi connectivity index (χ0) is 24.9. The second kappa shape index (κ2) is 8.63. The molecule has 0 aliphatic carbocycles. The molecule has 35 heavy (non-hydrogen) atoms. The number of fused-ring (bicyclic) bond motifs is 1. The number of piperazine rings is 1. The molecule has 4 heterocycles. The van der Waals surface area contributed by atoms with Gasteiger partial charge in [-0.15, -0.1) is 0 Å². The number of halogens is 2. The van der Waals surface area contributed by atoms with Crippen LogP contribution in [0, 0.1) is 11.6 Å². The molecule has 1 atom stereocenters. The Morgan fingerprint density at radius 2 is 1.83 bits per heavy atom. The minimum Gasteiger partial charge on any atom is -0.444 e. The fraction of sp³-hybridized carbons (Fsp3) is 0.458. The summed E-state index contributed by atoms with van der Waals surface area (Å²) in [5.41, 5.74) is 0.967. The highest BCUT2D eigenvalue weighted by atomic mass is 19.1. The summed E-state index contributed by atoms with van der Waals surface area (Å²) in [6.45, 7) is 10.3. The minimum atomic E-state index is -0.676. The molecule has 0 N–H and O–H groups in total. The summed E-state index contributed by atoms with van der Waals surface area (Å²) in [4.78, 5) is 31.1. The third-order valence-corrected chi connectivity index (χ3v) is 6.03. The van der Waals surface area contributed by atoms with Crippen LogP contribution in [-0.4, -0.2) is 70.0 Å². The molecule has 2 aliphatic rings. The van der Waals surface area contributed by atoms with Crippen molar-refractivity contribution in [3.8, 4) is 5.69 Å².